The van der Waals surface area contributed by atoms with Gasteiger partial charge in [-0.05, 0) is 43.2 Å². The van der Waals surface area contributed by atoms with Gasteiger partial charge in [-0.1, -0.05) is 18.2 Å². The smallest absolute Gasteiger partial charge is 0.255 e. The largest absolute Gasteiger partial charge is 0.497 e. The Morgan fingerprint density at radius 2 is 1.79 bits per heavy atom. The van der Waals surface area contributed by atoms with Crippen LogP contribution in [0.5, 0.6) is 17.2 Å². The highest BCUT2D eigenvalue weighted by atomic mass is 16.5. The summed E-state index contributed by atoms with van der Waals surface area (Å²) in [5.74, 6) is 1.58. The molecule has 1 atom stereocenters. The predicted molar refractivity (Wildman–Crippen MR) is 93.2 cm³/mol. The lowest BCUT2D eigenvalue weighted by molar-refractivity contribution is 0.0936. The molecule has 5 nitrogen and oxygen atoms in total. The molecule has 0 aromatic heterocycles. The first kappa shape index (κ1) is 17.7. The lowest BCUT2D eigenvalue weighted by Gasteiger charge is -2.17. The van der Waals surface area contributed by atoms with Crippen molar-refractivity contribution in [1.29, 1.82) is 0 Å². The summed E-state index contributed by atoms with van der Waals surface area (Å²) in [6.45, 7) is 1.96. The minimum atomic E-state index is -0.193. The van der Waals surface area contributed by atoms with E-state index < -0.39 is 0 Å². The van der Waals surface area contributed by atoms with Gasteiger partial charge in [0, 0.05) is 6.04 Å². The Morgan fingerprint density at radius 1 is 1.04 bits per heavy atom. The summed E-state index contributed by atoms with van der Waals surface area (Å²) in [5, 5.41) is 2.99. The number of hydrogen-bond donors (Lipinski definition) is 1. The second-order valence-electron chi connectivity index (χ2n) is 5.47. The van der Waals surface area contributed by atoms with E-state index in [1.807, 2.05) is 31.2 Å². The Bertz CT molecular complexity index is 700. The molecule has 0 aliphatic rings. The molecule has 0 radical (unpaired) electrons. The number of nitrogens with one attached hydrogen (secondary N) is 1. The number of carbonyl (C=O) groups is 1. The van der Waals surface area contributed by atoms with Crippen molar-refractivity contribution in [1.82, 2.24) is 5.32 Å². The average Bonchev–Trinajstić information content (AvgIpc) is 2.60. The zero-order valence-corrected chi connectivity index (χ0v) is 14.5. The van der Waals surface area contributed by atoms with Gasteiger partial charge >= 0.3 is 0 Å². The number of amides is 1. The van der Waals surface area contributed by atoms with Crippen molar-refractivity contribution in [2.75, 3.05) is 21.3 Å². The lowest BCUT2D eigenvalue weighted by atomic mass is 10.1. The van der Waals surface area contributed by atoms with Crippen LogP contribution in [0.3, 0.4) is 0 Å². The van der Waals surface area contributed by atoms with Crippen molar-refractivity contribution in [3.8, 4) is 17.2 Å². The fraction of sp³-hybridized carbons (Fsp3) is 0.316. The molecular formula is C19H23NO4. The van der Waals surface area contributed by atoms with Crippen molar-refractivity contribution in [3.63, 3.8) is 0 Å². The molecule has 24 heavy (non-hydrogen) atoms. The van der Waals surface area contributed by atoms with Gasteiger partial charge in [-0.25, -0.2) is 0 Å². The summed E-state index contributed by atoms with van der Waals surface area (Å²) in [6.07, 6.45) is 0.704. The summed E-state index contributed by atoms with van der Waals surface area (Å²) >= 11 is 0. The Kier molecular flexibility index (Phi) is 6.07. The number of carbonyl (C=O) groups excluding carboxylic acids is 1. The fourth-order valence-corrected chi connectivity index (χ4v) is 2.57. The Morgan fingerprint density at radius 3 is 2.46 bits per heavy atom. The number of rotatable bonds is 7. The maximum atomic E-state index is 12.5. The van der Waals surface area contributed by atoms with Gasteiger partial charge < -0.3 is 19.5 Å². The Hall–Kier alpha value is -2.69. The number of hydrogen-bond acceptors (Lipinski definition) is 4. The minimum Gasteiger partial charge on any atom is -0.497 e. The van der Waals surface area contributed by atoms with Gasteiger partial charge in [0.25, 0.3) is 5.91 Å². The predicted octanol–water partition coefficient (Wildman–Crippen LogP) is 3.07. The highest BCUT2D eigenvalue weighted by Crippen LogP contribution is 2.30. The molecule has 2 aromatic carbocycles. The molecule has 0 heterocycles. The van der Waals surface area contributed by atoms with E-state index in [0.717, 1.165) is 11.3 Å². The first-order valence-corrected chi connectivity index (χ1v) is 7.73. The van der Waals surface area contributed by atoms with E-state index >= 15 is 0 Å². The van der Waals surface area contributed by atoms with Crippen LogP contribution in [0.4, 0.5) is 0 Å². The van der Waals surface area contributed by atoms with Gasteiger partial charge in [0.2, 0.25) is 0 Å². The first-order chi connectivity index (χ1) is 11.6. The van der Waals surface area contributed by atoms with Crippen LogP contribution >= 0.6 is 0 Å². The van der Waals surface area contributed by atoms with Crippen LogP contribution in [-0.4, -0.2) is 33.3 Å². The SMILES string of the molecule is COc1cccc(CC(C)NC(=O)c2cccc(OC)c2OC)c1. The number of ether oxygens (including phenoxy) is 3. The van der Waals surface area contributed by atoms with Crippen molar-refractivity contribution >= 4 is 5.91 Å². The van der Waals surface area contributed by atoms with E-state index in [1.165, 1.54) is 7.11 Å². The third-order valence-corrected chi connectivity index (χ3v) is 3.70. The maximum absolute atomic E-state index is 12.5. The monoisotopic (exact) mass is 329 g/mol. The van der Waals surface area contributed by atoms with E-state index in [-0.39, 0.29) is 11.9 Å². The molecule has 0 bridgehead atoms. The van der Waals surface area contributed by atoms with Crippen LogP contribution in [0.1, 0.15) is 22.8 Å². The Balaban J connectivity index is 2.09. The van der Waals surface area contributed by atoms with E-state index in [1.54, 1.807) is 32.4 Å². The fourth-order valence-electron chi connectivity index (χ4n) is 2.57. The third kappa shape index (κ3) is 4.19. The van der Waals surface area contributed by atoms with E-state index in [4.69, 9.17) is 14.2 Å². The minimum absolute atomic E-state index is 0.0412. The summed E-state index contributed by atoms with van der Waals surface area (Å²) in [7, 11) is 4.71. The highest BCUT2D eigenvalue weighted by molar-refractivity contribution is 5.98. The molecule has 1 N–H and O–H groups in total. The van der Waals surface area contributed by atoms with Crippen LogP contribution in [0.2, 0.25) is 0 Å². The lowest BCUT2D eigenvalue weighted by Crippen LogP contribution is -2.34. The maximum Gasteiger partial charge on any atom is 0.255 e. The molecule has 1 amide bonds. The number of para-hydroxylation sites is 1. The summed E-state index contributed by atoms with van der Waals surface area (Å²) in [4.78, 5) is 12.5. The van der Waals surface area contributed by atoms with Gasteiger partial charge in [0.15, 0.2) is 11.5 Å². The Labute approximate surface area is 142 Å². The average molecular weight is 329 g/mol. The molecule has 128 valence electrons. The topological polar surface area (TPSA) is 56.8 Å². The first-order valence-electron chi connectivity index (χ1n) is 7.73. The quantitative estimate of drug-likeness (QED) is 0.848. The van der Waals surface area contributed by atoms with Crippen LogP contribution in [-0.2, 0) is 6.42 Å². The summed E-state index contributed by atoms with van der Waals surface area (Å²) in [6, 6.07) is 13.0. The zero-order chi connectivity index (χ0) is 17.5. The second kappa shape index (κ2) is 8.24. The highest BCUT2D eigenvalue weighted by Gasteiger charge is 2.18. The van der Waals surface area contributed by atoms with Gasteiger partial charge in [0.05, 0.1) is 26.9 Å². The standard InChI is InChI=1S/C19H23NO4/c1-13(11-14-7-5-8-15(12-14)22-2)20-19(21)16-9-6-10-17(23-3)18(16)24-4/h5-10,12-13H,11H2,1-4H3,(H,20,21). The molecule has 0 fully saturated rings. The van der Waals surface area contributed by atoms with Crippen LogP contribution in [0, 0.1) is 0 Å². The second-order valence-corrected chi connectivity index (χ2v) is 5.47. The van der Waals surface area contributed by atoms with Crippen molar-refractivity contribution < 1.29 is 19.0 Å². The van der Waals surface area contributed by atoms with E-state index in [0.29, 0.717) is 23.5 Å². The molecule has 0 spiro atoms. The van der Waals surface area contributed by atoms with Crippen molar-refractivity contribution in [3.05, 3.63) is 53.6 Å². The summed E-state index contributed by atoms with van der Waals surface area (Å²) < 4.78 is 15.8. The van der Waals surface area contributed by atoms with Crippen molar-refractivity contribution in [2.24, 2.45) is 0 Å². The number of methoxy groups -OCH3 is 3. The van der Waals surface area contributed by atoms with E-state index in [2.05, 4.69) is 5.32 Å². The van der Waals surface area contributed by atoms with Gasteiger partial charge in [-0.15, -0.1) is 0 Å². The van der Waals surface area contributed by atoms with Gasteiger partial charge in [0.1, 0.15) is 5.75 Å². The van der Waals surface area contributed by atoms with Crippen molar-refractivity contribution in [2.45, 2.75) is 19.4 Å². The van der Waals surface area contributed by atoms with Crippen LogP contribution in [0.25, 0.3) is 0 Å². The zero-order valence-electron chi connectivity index (χ0n) is 14.5. The van der Waals surface area contributed by atoms with Gasteiger partial charge in [-0.3, -0.25) is 4.79 Å². The van der Waals surface area contributed by atoms with Gasteiger partial charge in [-0.2, -0.15) is 0 Å². The molecule has 0 saturated heterocycles. The molecule has 2 rings (SSSR count). The number of benzene rings is 2. The molecule has 2 aromatic rings. The molecule has 5 heteroatoms. The molecule has 0 aliphatic heterocycles. The third-order valence-electron chi connectivity index (χ3n) is 3.70. The molecule has 0 saturated carbocycles. The molecule has 0 aliphatic carbocycles. The van der Waals surface area contributed by atoms with Crippen LogP contribution in [0.15, 0.2) is 42.5 Å². The van der Waals surface area contributed by atoms with Crippen LogP contribution < -0.4 is 19.5 Å². The van der Waals surface area contributed by atoms with E-state index in [9.17, 15) is 4.79 Å². The molecule has 1 unspecified atom stereocenters. The summed E-state index contributed by atoms with van der Waals surface area (Å²) in [5.41, 5.74) is 1.55. The molecular weight excluding hydrogens is 306 g/mol. The normalized spacial score (nSPS) is 11.5.